The van der Waals surface area contributed by atoms with E-state index in [0.29, 0.717) is 26.2 Å². The lowest BCUT2D eigenvalue weighted by atomic mass is 10.3. The summed E-state index contributed by atoms with van der Waals surface area (Å²) in [5.41, 5.74) is -0.354. The fourth-order valence-electron chi connectivity index (χ4n) is 3.04. The van der Waals surface area contributed by atoms with Gasteiger partial charge in [0.05, 0.1) is 16.9 Å². The molecule has 1 aliphatic rings. The molecule has 0 atom stereocenters. The van der Waals surface area contributed by atoms with E-state index in [9.17, 15) is 18.5 Å². The van der Waals surface area contributed by atoms with Crippen molar-refractivity contribution in [3.63, 3.8) is 0 Å². The number of hydrogen-bond acceptors (Lipinski definition) is 7. The number of methoxy groups -OCH3 is 1. The highest BCUT2D eigenvalue weighted by Gasteiger charge is 2.30. The molecule has 1 saturated heterocycles. The van der Waals surface area contributed by atoms with E-state index in [1.165, 1.54) is 28.4 Å². The van der Waals surface area contributed by atoms with Crippen molar-refractivity contribution in [2.24, 2.45) is 0 Å². The molecule has 146 valence electrons. The van der Waals surface area contributed by atoms with Crippen molar-refractivity contribution in [2.75, 3.05) is 39.8 Å². The van der Waals surface area contributed by atoms with E-state index in [1.54, 1.807) is 11.3 Å². The van der Waals surface area contributed by atoms with Gasteiger partial charge in [-0.1, -0.05) is 6.07 Å². The third-order valence-electron chi connectivity index (χ3n) is 4.57. The summed E-state index contributed by atoms with van der Waals surface area (Å²) in [6, 6.07) is 7.87. The van der Waals surface area contributed by atoms with Gasteiger partial charge in [-0.2, -0.15) is 4.31 Å². The van der Waals surface area contributed by atoms with Gasteiger partial charge in [-0.05, 0) is 30.0 Å². The molecule has 1 fully saturated rings. The van der Waals surface area contributed by atoms with Gasteiger partial charge in [0.15, 0.2) is 5.75 Å². The number of nitro groups is 1. The molecule has 0 unspecified atom stereocenters. The lowest BCUT2D eigenvalue weighted by molar-refractivity contribution is -0.386. The highest BCUT2D eigenvalue weighted by Crippen LogP contribution is 2.30. The van der Waals surface area contributed by atoms with E-state index in [4.69, 9.17) is 4.74 Å². The molecule has 2 heterocycles. The first-order chi connectivity index (χ1) is 12.9. The van der Waals surface area contributed by atoms with Crippen LogP contribution in [0.1, 0.15) is 4.88 Å². The van der Waals surface area contributed by atoms with Crippen molar-refractivity contribution < 1.29 is 18.1 Å². The maximum atomic E-state index is 12.9. The number of thiophene rings is 1. The Morgan fingerprint density at radius 1 is 1.22 bits per heavy atom. The molecule has 1 aromatic carbocycles. The van der Waals surface area contributed by atoms with Crippen molar-refractivity contribution >= 4 is 27.0 Å². The molecular formula is C17H21N3O5S2. The van der Waals surface area contributed by atoms with Gasteiger partial charge < -0.3 is 9.64 Å². The predicted molar refractivity (Wildman–Crippen MR) is 103 cm³/mol. The van der Waals surface area contributed by atoms with Gasteiger partial charge >= 0.3 is 5.69 Å². The Labute approximate surface area is 162 Å². The van der Waals surface area contributed by atoms with Crippen LogP contribution in [-0.2, 0) is 16.4 Å². The van der Waals surface area contributed by atoms with Crippen LogP contribution in [0.15, 0.2) is 40.6 Å². The molecule has 1 aromatic heterocycles. The lowest BCUT2D eigenvalue weighted by Crippen LogP contribution is -2.48. The molecule has 2 aromatic rings. The molecule has 8 nitrogen and oxygen atoms in total. The summed E-state index contributed by atoms with van der Waals surface area (Å²) < 4.78 is 32.0. The molecule has 0 N–H and O–H groups in total. The van der Waals surface area contributed by atoms with Crippen LogP contribution < -0.4 is 4.74 Å². The van der Waals surface area contributed by atoms with E-state index in [-0.39, 0.29) is 16.3 Å². The Bertz CT molecular complexity index is 891. The summed E-state index contributed by atoms with van der Waals surface area (Å²) in [6.07, 6.45) is 0.953. The Morgan fingerprint density at radius 3 is 2.56 bits per heavy atom. The maximum absolute atomic E-state index is 12.9. The van der Waals surface area contributed by atoms with Gasteiger partial charge in [0, 0.05) is 43.7 Å². The number of hydrogen-bond donors (Lipinski definition) is 0. The second-order valence-electron chi connectivity index (χ2n) is 6.17. The second-order valence-corrected chi connectivity index (χ2v) is 9.14. The van der Waals surface area contributed by atoms with Crippen molar-refractivity contribution in [2.45, 2.75) is 11.3 Å². The number of nitrogens with zero attached hydrogens (tertiary/aromatic N) is 3. The van der Waals surface area contributed by atoms with E-state index >= 15 is 0 Å². The van der Waals surface area contributed by atoms with Gasteiger partial charge in [-0.25, -0.2) is 8.42 Å². The Kier molecular flexibility index (Phi) is 6.10. The first-order valence-corrected chi connectivity index (χ1v) is 10.8. The van der Waals surface area contributed by atoms with Crippen LogP contribution >= 0.6 is 11.3 Å². The quantitative estimate of drug-likeness (QED) is 0.512. The zero-order valence-corrected chi connectivity index (χ0v) is 16.5. The van der Waals surface area contributed by atoms with Gasteiger partial charge in [0.2, 0.25) is 10.0 Å². The van der Waals surface area contributed by atoms with Crippen LogP contribution in [0.4, 0.5) is 5.69 Å². The predicted octanol–water partition coefficient (Wildman–Crippen LogP) is 2.21. The van der Waals surface area contributed by atoms with Gasteiger partial charge in [-0.3, -0.25) is 10.1 Å². The normalized spacial score (nSPS) is 16.3. The molecule has 10 heteroatoms. The fraction of sp³-hybridized carbons (Fsp3) is 0.412. The maximum Gasteiger partial charge on any atom is 0.312 e. The molecule has 0 bridgehead atoms. The summed E-state index contributed by atoms with van der Waals surface area (Å²) in [5, 5.41) is 13.2. The minimum Gasteiger partial charge on any atom is -0.490 e. The monoisotopic (exact) mass is 411 g/mol. The molecule has 3 rings (SSSR count). The topological polar surface area (TPSA) is 93.0 Å². The largest absolute Gasteiger partial charge is 0.490 e. The summed E-state index contributed by atoms with van der Waals surface area (Å²) in [5.74, 6) is 0.0392. The van der Waals surface area contributed by atoms with E-state index in [2.05, 4.69) is 11.0 Å². The fourth-order valence-corrected chi connectivity index (χ4v) is 5.18. The van der Waals surface area contributed by atoms with Gasteiger partial charge in [-0.15, -0.1) is 11.3 Å². The minimum atomic E-state index is -3.78. The summed E-state index contributed by atoms with van der Waals surface area (Å²) in [7, 11) is -2.46. The van der Waals surface area contributed by atoms with Crippen molar-refractivity contribution in [1.29, 1.82) is 0 Å². The van der Waals surface area contributed by atoms with Gasteiger partial charge in [0.25, 0.3) is 0 Å². The average molecular weight is 412 g/mol. The summed E-state index contributed by atoms with van der Waals surface area (Å²) in [6.45, 7) is 2.91. The molecule has 27 heavy (non-hydrogen) atoms. The van der Waals surface area contributed by atoms with E-state index < -0.39 is 14.9 Å². The number of rotatable bonds is 7. The van der Waals surface area contributed by atoms with Gasteiger partial charge in [0.1, 0.15) is 0 Å². The molecule has 0 radical (unpaired) electrons. The van der Waals surface area contributed by atoms with Crippen molar-refractivity contribution in [1.82, 2.24) is 9.21 Å². The third kappa shape index (κ3) is 4.46. The molecular weight excluding hydrogens is 390 g/mol. The molecule has 0 amide bonds. The van der Waals surface area contributed by atoms with Crippen LogP contribution in [0.25, 0.3) is 0 Å². The number of ether oxygens (including phenoxy) is 1. The third-order valence-corrected chi connectivity index (χ3v) is 7.40. The molecule has 0 aliphatic carbocycles. The number of sulfonamides is 1. The lowest BCUT2D eigenvalue weighted by Gasteiger charge is -2.33. The first kappa shape index (κ1) is 19.7. The Morgan fingerprint density at radius 2 is 1.96 bits per heavy atom. The highest BCUT2D eigenvalue weighted by molar-refractivity contribution is 7.89. The Balaban J connectivity index is 1.66. The highest BCUT2D eigenvalue weighted by atomic mass is 32.2. The van der Waals surface area contributed by atoms with Crippen LogP contribution in [0.3, 0.4) is 0 Å². The molecule has 0 spiro atoms. The standard InChI is InChI=1S/C17H21N3O5S2/c1-25-17-5-4-15(13-16(17)20(21)22)27(23,24)19-10-8-18(9-11-19)7-6-14-3-2-12-26-14/h2-5,12-13H,6-11H2,1H3. The smallest absolute Gasteiger partial charge is 0.312 e. The summed E-state index contributed by atoms with van der Waals surface area (Å²) in [4.78, 5) is 14.0. The van der Waals surface area contributed by atoms with Crippen LogP contribution in [0, 0.1) is 10.1 Å². The number of piperazine rings is 1. The zero-order valence-electron chi connectivity index (χ0n) is 14.9. The minimum absolute atomic E-state index is 0.0392. The average Bonchev–Trinajstić information content (AvgIpc) is 3.19. The SMILES string of the molecule is COc1ccc(S(=O)(=O)N2CCN(CCc3cccs3)CC2)cc1[N+](=O)[O-]. The van der Waals surface area contributed by atoms with Crippen molar-refractivity contribution in [3.05, 3.63) is 50.7 Å². The number of nitro benzene ring substituents is 1. The van der Waals surface area contributed by atoms with Crippen LogP contribution in [0.2, 0.25) is 0 Å². The van der Waals surface area contributed by atoms with E-state index in [1.807, 2.05) is 11.4 Å². The first-order valence-electron chi connectivity index (χ1n) is 8.49. The number of benzene rings is 1. The molecule has 1 aliphatic heterocycles. The van der Waals surface area contributed by atoms with Crippen LogP contribution in [0.5, 0.6) is 5.75 Å². The zero-order chi connectivity index (χ0) is 19.4. The van der Waals surface area contributed by atoms with Crippen molar-refractivity contribution in [3.8, 4) is 5.75 Å². The molecule has 0 saturated carbocycles. The second kappa shape index (κ2) is 8.34. The summed E-state index contributed by atoms with van der Waals surface area (Å²) >= 11 is 1.72. The Hall–Kier alpha value is -2.01. The van der Waals surface area contributed by atoms with E-state index in [0.717, 1.165) is 19.0 Å². The van der Waals surface area contributed by atoms with Crippen LogP contribution in [-0.4, -0.2) is 62.4 Å².